The zero-order valence-corrected chi connectivity index (χ0v) is 12.9. The molecular weight excluding hydrogens is 294 g/mol. The Balaban J connectivity index is 2.51. The molecule has 1 aromatic carbocycles. The number of carbonyl (C=O) groups excluding carboxylic acids is 2. The third kappa shape index (κ3) is 5.55. The van der Waals surface area contributed by atoms with E-state index in [2.05, 4.69) is 4.74 Å². The van der Waals surface area contributed by atoms with Gasteiger partial charge in [0.15, 0.2) is 9.84 Å². The lowest BCUT2D eigenvalue weighted by Crippen LogP contribution is -2.30. The molecule has 0 bridgehead atoms. The first kappa shape index (κ1) is 17.2. The molecule has 0 fully saturated rings. The molecule has 0 spiro atoms. The lowest BCUT2D eigenvalue weighted by atomic mass is 10.3. The maximum atomic E-state index is 12.0. The van der Waals surface area contributed by atoms with Gasteiger partial charge in [-0.3, -0.25) is 9.59 Å². The molecule has 116 valence electrons. The van der Waals surface area contributed by atoms with Crippen molar-refractivity contribution < 1.29 is 22.7 Å². The molecular formula is C14H19NO5S. The van der Waals surface area contributed by atoms with Gasteiger partial charge in [-0.1, -0.05) is 18.2 Å². The lowest BCUT2D eigenvalue weighted by Gasteiger charge is -2.16. The number of esters is 1. The molecule has 0 radical (unpaired) electrons. The predicted molar refractivity (Wildman–Crippen MR) is 77.4 cm³/mol. The van der Waals surface area contributed by atoms with Crippen LogP contribution in [0.3, 0.4) is 0 Å². The Labute approximate surface area is 124 Å². The maximum absolute atomic E-state index is 12.0. The number of rotatable bonds is 7. The van der Waals surface area contributed by atoms with E-state index in [0.717, 1.165) is 0 Å². The Hall–Kier alpha value is -1.89. The molecule has 0 heterocycles. The van der Waals surface area contributed by atoms with Gasteiger partial charge < -0.3 is 9.64 Å². The van der Waals surface area contributed by atoms with Crippen LogP contribution in [-0.4, -0.2) is 51.6 Å². The van der Waals surface area contributed by atoms with Crippen LogP contribution >= 0.6 is 0 Å². The minimum absolute atomic E-state index is 0.0875. The second kappa shape index (κ2) is 7.78. The SMILES string of the molecule is COC(=O)CCN(C)C(=O)CCS(=O)(=O)c1ccccc1. The minimum atomic E-state index is -3.46. The van der Waals surface area contributed by atoms with Gasteiger partial charge in [0.05, 0.1) is 24.2 Å². The molecule has 6 nitrogen and oxygen atoms in total. The molecule has 0 saturated heterocycles. The monoisotopic (exact) mass is 313 g/mol. The van der Waals surface area contributed by atoms with Crippen LogP contribution in [0.1, 0.15) is 12.8 Å². The lowest BCUT2D eigenvalue weighted by molar-refractivity contribution is -0.141. The molecule has 21 heavy (non-hydrogen) atoms. The summed E-state index contributed by atoms with van der Waals surface area (Å²) in [7, 11) is -0.661. The van der Waals surface area contributed by atoms with E-state index in [4.69, 9.17) is 0 Å². The highest BCUT2D eigenvalue weighted by Gasteiger charge is 2.18. The third-order valence-electron chi connectivity index (χ3n) is 2.99. The standard InChI is InChI=1S/C14H19NO5S/c1-15(10-8-14(17)20-2)13(16)9-11-21(18,19)12-6-4-3-5-7-12/h3-7H,8-11H2,1-2H3. The summed E-state index contributed by atoms with van der Waals surface area (Å²) in [6.45, 7) is 0.205. The van der Waals surface area contributed by atoms with Gasteiger partial charge in [-0.25, -0.2) is 8.42 Å². The fourth-order valence-electron chi connectivity index (χ4n) is 1.64. The van der Waals surface area contributed by atoms with Crippen LogP contribution in [0.2, 0.25) is 0 Å². The fraction of sp³-hybridized carbons (Fsp3) is 0.429. The van der Waals surface area contributed by atoms with Crippen LogP contribution in [0, 0.1) is 0 Å². The van der Waals surface area contributed by atoms with Crippen molar-refractivity contribution in [1.82, 2.24) is 4.90 Å². The number of carbonyl (C=O) groups is 2. The van der Waals surface area contributed by atoms with Crippen LogP contribution in [0.15, 0.2) is 35.2 Å². The van der Waals surface area contributed by atoms with Crippen molar-refractivity contribution in [2.45, 2.75) is 17.7 Å². The van der Waals surface area contributed by atoms with Gasteiger partial charge >= 0.3 is 5.97 Å². The second-order valence-corrected chi connectivity index (χ2v) is 6.63. The number of benzene rings is 1. The van der Waals surface area contributed by atoms with Gasteiger partial charge in [0.25, 0.3) is 0 Å². The highest BCUT2D eigenvalue weighted by atomic mass is 32.2. The van der Waals surface area contributed by atoms with Crippen LogP contribution in [0.5, 0.6) is 0 Å². The summed E-state index contributed by atoms with van der Waals surface area (Å²) in [5, 5.41) is 0. The van der Waals surface area contributed by atoms with E-state index >= 15 is 0 Å². The maximum Gasteiger partial charge on any atom is 0.307 e. The molecule has 0 atom stereocenters. The summed E-state index contributed by atoms with van der Waals surface area (Å²) in [6, 6.07) is 8.00. The first-order valence-corrected chi connectivity index (χ1v) is 8.10. The highest BCUT2D eigenvalue weighted by molar-refractivity contribution is 7.91. The quantitative estimate of drug-likeness (QED) is 0.698. The summed E-state index contributed by atoms with van der Waals surface area (Å²) in [5.74, 6) is -0.983. The number of methoxy groups -OCH3 is 1. The average molecular weight is 313 g/mol. The van der Waals surface area contributed by atoms with E-state index < -0.39 is 15.8 Å². The van der Waals surface area contributed by atoms with E-state index in [-0.39, 0.29) is 35.9 Å². The Bertz CT molecular complexity index is 583. The van der Waals surface area contributed by atoms with Crippen LogP contribution in [0.25, 0.3) is 0 Å². The summed E-state index contributed by atoms with van der Waals surface area (Å²) in [5.41, 5.74) is 0. The van der Waals surface area contributed by atoms with E-state index in [1.165, 1.54) is 31.2 Å². The van der Waals surface area contributed by atoms with Crippen molar-refractivity contribution in [3.63, 3.8) is 0 Å². The molecule has 0 aliphatic heterocycles. The normalized spacial score (nSPS) is 11.0. The van der Waals surface area contributed by atoms with Gasteiger partial charge in [-0.05, 0) is 12.1 Å². The van der Waals surface area contributed by atoms with Crippen molar-refractivity contribution in [2.24, 2.45) is 0 Å². The molecule has 0 aliphatic carbocycles. The van der Waals surface area contributed by atoms with Gasteiger partial charge in [-0.2, -0.15) is 0 Å². The number of ether oxygens (including phenoxy) is 1. The number of sulfone groups is 1. The van der Waals surface area contributed by atoms with E-state index in [1.807, 2.05) is 0 Å². The second-order valence-electron chi connectivity index (χ2n) is 4.52. The molecule has 1 aromatic rings. The van der Waals surface area contributed by atoms with E-state index in [9.17, 15) is 18.0 Å². The summed E-state index contributed by atoms with van der Waals surface area (Å²) in [4.78, 5) is 24.4. The largest absolute Gasteiger partial charge is 0.469 e. The molecule has 0 saturated carbocycles. The fourth-order valence-corrected chi connectivity index (χ4v) is 2.89. The van der Waals surface area contributed by atoms with Gasteiger partial charge in [-0.15, -0.1) is 0 Å². The number of amides is 1. The number of nitrogens with zero attached hydrogens (tertiary/aromatic N) is 1. The molecule has 1 amide bonds. The van der Waals surface area contributed by atoms with Crippen LogP contribution in [0.4, 0.5) is 0 Å². The van der Waals surface area contributed by atoms with Gasteiger partial charge in [0.2, 0.25) is 5.91 Å². The topological polar surface area (TPSA) is 80.8 Å². The minimum Gasteiger partial charge on any atom is -0.469 e. The first-order chi connectivity index (χ1) is 9.86. The molecule has 7 heteroatoms. The van der Waals surface area contributed by atoms with E-state index in [0.29, 0.717) is 0 Å². The molecule has 0 aromatic heterocycles. The van der Waals surface area contributed by atoms with Crippen LogP contribution < -0.4 is 0 Å². The molecule has 1 rings (SSSR count). The van der Waals surface area contributed by atoms with Crippen molar-refractivity contribution in [1.29, 1.82) is 0 Å². The number of hydrogen-bond donors (Lipinski definition) is 0. The van der Waals surface area contributed by atoms with Crippen LogP contribution in [-0.2, 0) is 24.2 Å². The van der Waals surface area contributed by atoms with Crippen molar-refractivity contribution in [2.75, 3.05) is 26.5 Å². The summed E-state index contributed by atoms with van der Waals surface area (Å²) >= 11 is 0. The zero-order valence-electron chi connectivity index (χ0n) is 12.1. The molecule has 0 aliphatic rings. The van der Waals surface area contributed by atoms with Gasteiger partial charge in [0.1, 0.15) is 0 Å². The first-order valence-electron chi connectivity index (χ1n) is 6.45. The average Bonchev–Trinajstić information content (AvgIpc) is 2.50. The smallest absolute Gasteiger partial charge is 0.307 e. The van der Waals surface area contributed by atoms with E-state index in [1.54, 1.807) is 18.2 Å². The molecule has 0 unspecified atom stereocenters. The van der Waals surface area contributed by atoms with Crippen molar-refractivity contribution in [3.8, 4) is 0 Å². The van der Waals surface area contributed by atoms with Crippen molar-refractivity contribution >= 4 is 21.7 Å². The zero-order chi connectivity index (χ0) is 15.9. The molecule has 0 N–H and O–H groups in total. The Kier molecular flexibility index (Phi) is 6.36. The number of hydrogen-bond acceptors (Lipinski definition) is 5. The Morgan fingerprint density at radius 2 is 1.76 bits per heavy atom. The Morgan fingerprint density at radius 1 is 1.14 bits per heavy atom. The van der Waals surface area contributed by atoms with Crippen molar-refractivity contribution in [3.05, 3.63) is 30.3 Å². The third-order valence-corrected chi connectivity index (χ3v) is 4.72. The van der Waals surface area contributed by atoms with Gasteiger partial charge in [0, 0.05) is 20.0 Å². The Morgan fingerprint density at radius 3 is 2.33 bits per heavy atom. The summed E-state index contributed by atoms with van der Waals surface area (Å²) in [6.07, 6.45) is -0.0287. The highest BCUT2D eigenvalue weighted by Crippen LogP contribution is 2.11. The predicted octanol–water partition coefficient (Wildman–Crippen LogP) is 0.872. The summed E-state index contributed by atoms with van der Waals surface area (Å²) < 4.78 is 28.5.